The Kier molecular flexibility index (Phi) is 5.17. The Bertz CT molecular complexity index is 740. The quantitative estimate of drug-likeness (QED) is 0.861. The first-order valence-corrected chi connectivity index (χ1v) is 8.84. The van der Waals surface area contributed by atoms with E-state index in [0.717, 1.165) is 17.7 Å². The van der Waals surface area contributed by atoms with Gasteiger partial charge in [0.15, 0.2) is 0 Å². The summed E-state index contributed by atoms with van der Waals surface area (Å²) in [7, 11) is 0. The fraction of sp³-hybridized carbons (Fsp3) is 0.333. The van der Waals surface area contributed by atoms with Crippen LogP contribution in [0.1, 0.15) is 25.0 Å². The van der Waals surface area contributed by atoms with E-state index in [1.54, 1.807) is 9.80 Å². The van der Waals surface area contributed by atoms with Crippen molar-refractivity contribution in [2.24, 2.45) is 0 Å². The van der Waals surface area contributed by atoms with Crippen molar-refractivity contribution in [3.8, 4) is 0 Å². The van der Waals surface area contributed by atoms with Gasteiger partial charge >= 0.3 is 0 Å². The monoisotopic (exact) mass is 336 g/mol. The number of hydrogen-bond acceptors (Lipinski definition) is 2. The van der Waals surface area contributed by atoms with Gasteiger partial charge in [-0.05, 0) is 36.6 Å². The van der Waals surface area contributed by atoms with E-state index in [4.69, 9.17) is 0 Å². The number of amides is 2. The summed E-state index contributed by atoms with van der Waals surface area (Å²) in [4.78, 5) is 28.9. The van der Waals surface area contributed by atoms with Crippen LogP contribution in [0.15, 0.2) is 54.6 Å². The topological polar surface area (TPSA) is 40.6 Å². The number of benzene rings is 2. The molecule has 4 heteroatoms. The Labute approximate surface area is 149 Å². The highest BCUT2D eigenvalue weighted by Crippen LogP contribution is 2.22. The van der Waals surface area contributed by atoms with E-state index in [2.05, 4.69) is 19.1 Å². The van der Waals surface area contributed by atoms with Crippen molar-refractivity contribution < 1.29 is 9.59 Å². The highest BCUT2D eigenvalue weighted by atomic mass is 16.2. The lowest BCUT2D eigenvalue weighted by atomic mass is 10.1. The highest BCUT2D eigenvalue weighted by Gasteiger charge is 2.34. The van der Waals surface area contributed by atoms with E-state index in [-0.39, 0.29) is 11.8 Å². The molecule has 1 atom stereocenters. The number of hydrogen-bond donors (Lipinski definition) is 0. The average molecular weight is 336 g/mol. The Morgan fingerprint density at radius 2 is 1.68 bits per heavy atom. The lowest BCUT2D eigenvalue weighted by Crippen LogP contribution is -2.58. The van der Waals surface area contributed by atoms with E-state index >= 15 is 0 Å². The fourth-order valence-electron chi connectivity index (χ4n) is 3.25. The van der Waals surface area contributed by atoms with Crippen molar-refractivity contribution in [3.63, 3.8) is 0 Å². The number of anilines is 1. The van der Waals surface area contributed by atoms with Gasteiger partial charge in [0, 0.05) is 18.8 Å². The predicted molar refractivity (Wildman–Crippen MR) is 99.5 cm³/mol. The number of aryl methyl sites for hydroxylation is 1. The zero-order valence-electron chi connectivity index (χ0n) is 14.8. The molecule has 0 N–H and O–H groups in total. The summed E-state index contributed by atoms with van der Waals surface area (Å²) in [5, 5.41) is 0. The molecule has 0 spiro atoms. The van der Waals surface area contributed by atoms with Gasteiger partial charge in [0.2, 0.25) is 11.8 Å². The Morgan fingerprint density at radius 3 is 2.32 bits per heavy atom. The molecule has 2 aromatic rings. The SMILES string of the molecule is CCc1ccc(N2CCN(C(=O)Cc3ccccc3)C(C)C2=O)cc1. The van der Waals surface area contributed by atoms with Gasteiger partial charge in [0.25, 0.3) is 0 Å². The molecule has 0 bridgehead atoms. The smallest absolute Gasteiger partial charge is 0.249 e. The number of rotatable bonds is 4. The molecule has 0 radical (unpaired) electrons. The lowest BCUT2D eigenvalue weighted by Gasteiger charge is -2.39. The molecule has 4 nitrogen and oxygen atoms in total. The molecule has 3 rings (SSSR count). The Balaban J connectivity index is 1.69. The summed E-state index contributed by atoms with van der Waals surface area (Å²) < 4.78 is 0. The number of carbonyl (C=O) groups is 2. The van der Waals surface area contributed by atoms with Crippen LogP contribution in [0.3, 0.4) is 0 Å². The van der Waals surface area contributed by atoms with Gasteiger partial charge in [-0.15, -0.1) is 0 Å². The van der Waals surface area contributed by atoms with Crippen LogP contribution in [0.25, 0.3) is 0 Å². The largest absolute Gasteiger partial charge is 0.329 e. The third-order valence-electron chi connectivity index (χ3n) is 4.83. The molecule has 0 aromatic heterocycles. The molecule has 1 aliphatic heterocycles. The third kappa shape index (κ3) is 3.73. The van der Waals surface area contributed by atoms with Crippen LogP contribution >= 0.6 is 0 Å². The first-order valence-electron chi connectivity index (χ1n) is 8.84. The van der Waals surface area contributed by atoms with Crippen LogP contribution < -0.4 is 4.90 Å². The van der Waals surface area contributed by atoms with Gasteiger partial charge in [-0.25, -0.2) is 0 Å². The summed E-state index contributed by atoms with van der Waals surface area (Å²) in [5.74, 6) is -0.00931. The zero-order valence-corrected chi connectivity index (χ0v) is 14.8. The second-order valence-electron chi connectivity index (χ2n) is 6.44. The first kappa shape index (κ1) is 17.2. The summed E-state index contributed by atoms with van der Waals surface area (Å²) in [5.41, 5.74) is 3.13. The van der Waals surface area contributed by atoms with Crippen molar-refractivity contribution in [1.29, 1.82) is 0 Å². The minimum atomic E-state index is -0.434. The van der Waals surface area contributed by atoms with Crippen molar-refractivity contribution in [2.45, 2.75) is 32.7 Å². The third-order valence-corrected chi connectivity index (χ3v) is 4.83. The van der Waals surface area contributed by atoms with Crippen molar-refractivity contribution >= 4 is 17.5 Å². The molecule has 1 heterocycles. The summed E-state index contributed by atoms with van der Waals surface area (Å²) >= 11 is 0. The summed E-state index contributed by atoms with van der Waals surface area (Å²) in [6.07, 6.45) is 1.32. The molecule has 2 amide bonds. The normalized spacial score (nSPS) is 17.7. The van der Waals surface area contributed by atoms with Crippen LogP contribution in [-0.4, -0.2) is 35.8 Å². The highest BCUT2D eigenvalue weighted by molar-refractivity contribution is 6.00. The molecule has 1 saturated heterocycles. The Morgan fingerprint density at radius 1 is 1.00 bits per heavy atom. The van der Waals surface area contributed by atoms with E-state index < -0.39 is 6.04 Å². The van der Waals surface area contributed by atoms with Gasteiger partial charge in [0.05, 0.1) is 6.42 Å². The van der Waals surface area contributed by atoms with Crippen LogP contribution in [-0.2, 0) is 22.4 Å². The van der Waals surface area contributed by atoms with Crippen molar-refractivity contribution in [3.05, 3.63) is 65.7 Å². The van der Waals surface area contributed by atoms with E-state index in [1.165, 1.54) is 5.56 Å². The number of nitrogens with zero attached hydrogens (tertiary/aromatic N) is 2. The molecule has 2 aromatic carbocycles. The molecule has 0 saturated carbocycles. The molecule has 1 unspecified atom stereocenters. The van der Waals surface area contributed by atoms with Crippen LogP contribution in [0.5, 0.6) is 0 Å². The maximum Gasteiger partial charge on any atom is 0.249 e. The second-order valence-corrected chi connectivity index (χ2v) is 6.44. The number of carbonyl (C=O) groups excluding carboxylic acids is 2. The van der Waals surface area contributed by atoms with E-state index in [1.807, 2.05) is 49.4 Å². The fourth-order valence-corrected chi connectivity index (χ4v) is 3.25. The number of piperazine rings is 1. The Hall–Kier alpha value is -2.62. The van der Waals surface area contributed by atoms with Gasteiger partial charge < -0.3 is 9.80 Å². The summed E-state index contributed by atoms with van der Waals surface area (Å²) in [6.45, 7) is 5.03. The molecule has 1 fully saturated rings. The maximum atomic E-state index is 12.8. The van der Waals surface area contributed by atoms with Gasteiger partial charge in [-0.3, -0.25) is 9.59 Å². The minimum absolute atomic E-state index is 0.00744. The van der Waals surface area contributed by atoms with E-state index in [9.17, 15) is 9.59 Å². The van der Waals surface area contributed by atoms with Crippen LogP contribution in [0.4, 0.5) is 5.69 Å². The molecule has 0 aliphatic carbocycles. The summed E-state index contributed by atoms with van der Waals surface area (Å²) in [6, 6.07) is 17.3. The minimum Gasteiger partial charge on any atom is -0.329 e. The van der Waals surface area contributed by atoms with Crippen molar-refractivity contribution in [2.75, 3.05) is 18.0 Å². The molecular weight excluding hydrogens is 312 g/mol. The standard InChI is InChI=1S/C21H24N2O2/c1-3-17-9-11-19(12-10-17)23-14-13-22(16(2)21(23)25)20(24)15-18-7-5-4-6-8-18/h4-12,16H,3,13-15H2,1-2H3. The van der Waals surface area contributed by atoms with Gasteiger partial charge in [-0.2, -0.15) is 0 Å². The molecule has 25 heavy (non-hydrogen) atoms. The second kappa shape index (κ2) is 7.51. The zero-order chi connectivity index (χ0) is 17.8. The maximum absolute atomic E-state index is 12.8. The van der Waals surface area contributed by atoms with Crippen molar-refractivity contribution in [1.82, 2.24) is 4.90 Å². The van der Waals surface area contributed by atoms with Gasteiger partial charge in [-0.1, -0.05) is 49.4 Å². The van der Waals surface area contributed by atoms with E-state index in [0.29, 0.717) is 19.5 Å². The first-order chi connectivity index (χ1) is 12.1. The molecule has 130 valence electrons. The van der Waals surface area contributed by atoms with Gasteiger partial charge in [0.1, 0.15) is 6.04 Å². The average Bonchev–Trinajstić information content (AvgIpc) is 2.65. The predicted octanol–water partition coefficient (Wildman–Crippen LogP) is 3.06. The van der Waals surface area contributed by atoms with Crippen LogP contribution in [0, 0.1) is 0 Å². The van der Waals surface area contributed by atoms with Crippen LogP contribution in [0.2, 0.25) is 0 Å². The molecule has 1 aliphatic rings. The molecular formula is C21H24N2O2. The lowest BCUT2D eigenvalue weighted by molar-refractivity contribution is -0.140.